The van der Waals surface area contributed by atoms with E-state index >= 15 is 0 Å². The van der Waals surface area contributed by atoms with Crippen LogP contribution in [0.15, 0.2) is 0 Å². The fraction of sp³-hybridized carbons (Fsp3) is 0.875. The van der Waals surface area contributed by atoms with E-state index in [1.165, 1.54) is 25.7 Å². The van der Waals surface area contributed by atoms with Crippen LogP contribution in [0.4, 0.5) is 0 Å². The molecule has 2 nitrogen and oxygen atoms in total. The van der Waals surface area contributed by atoms with Gasteiger partial charge in [-0.15, -0.1) is 5.92 Å². The Labute approximate surface area is 330 Å². The van der Waals surface area contributed by atoms with Crippen molar-refractivity contribution in [2.24, 2.45) is 23.2 Å². The van der Waals surface area contributed by atoms with E-state index in [1.807, 2.05) is 0 Å². The molecule has 2 N–H and O–H groups in total. The molecule has 0 bridgehead atoms. The van der Waals surface area contributed by atoms with Crippen molar-refractivity contribution in [2.45, 2.75) is 58.5 Å². The van der Waals surface area contributed by atoms with Crippen LogP contribution in [0.2, 0.25) is 0 Å². The van der Waals surface area contributed by atoms with E-state index in [2.05, 4.69) is 25.7 Å². The van der Waals surface area contributed by atoms with Gasteiger partial charge in [-0.3, -0.25) is 0 Å². The van der Waals surface area contributed by atoms with E-state index in [1.54, 1.807) is 0 Å². The molecule has 123 valence electrons. The van der Waals surface area contributed by atoms with Crippen molar-refractivity contribution in [3.8, 4) is 11.8 Å². The topological polar surface area (TPSA) is 40.5 Å². The summed E-state index contributed by atoms with van der Waals surface area (Å²) in [6, 6.07) is 0. The molecule has 2 unspecified atom stereocenters. The minimum Gasteiger partial charge on any atom is -0.393 e. The predicted octanol–water partition coefficient (Wildman–Crippen LogP) is 2.57. The maximum absolute atomic E-state index is 10.2. The summed E-state index contributed by atoms with van der Waals surface area (Å²) in [5.41, 5.74) is 0.317. The molecule has 25 heavy (non-hydrogen) atoms. The van der Waals surface area contributed by atoms with Gasteiger partial charge in [0.05, 0.1) is 6.10 Å². The third kappa shape index (κ3) is 13.6. The van der Waals surface area contributed by atoms with Gasteiger partial charge in [-0.2, -0.15) is 0 Å². The van der Waals surface area contributed by atoms with Crippen LogP contribution < -0.4 is 0 Å². The summed E-state index contributed by atoms with van der Waals surface area (Å²) in [6.45, 7) is 4.63. The molecule has 0 aromatic rings. The van der Waals surface area contributed by atoms with Gasteiger partial charge in [0.25, 0.3) is 0 Å². The van der Waals surface area contributed by atoms with Crippen molar-refractivity contribution in [1.82, 2.24) is 0 Å². The van der Waals surface area contributed by atoms with E-state index in [9.17, 15) is 5.11 Å². The van der Waals surface area contributed by atoms with Crippen LogP contribution in [0.1, 0.15) is 52.4 Å². The maximum atomic E-state index is 10.2. The van der Waals surface area contributed by atoms with Crippen LogP contribution in [0.3, 0.4) is 0 Å². The average molecular weight is 873 g/mol. The average Bonchev–Trinajstić information content (AvgIpc) is 2.68. The van der Waals surface area contributed by atoms with Crippen LogP contribution in [0.5, 0.6) is 0 Å². The van der Waals surface area contributed by atoms with Crippen molar-refractivity contribution >= 4 is 0 Å². The molecule has 2 aliphatic carbocycles. The molecular formula is C16H26O2Y7. The first-order chi connectivity index (χ1) is 8.59. The van der Waals surface area contributed by atoms with Crippen molar-refractivity contribution in [3.05, 3.63) is 0 Å². The Bertz CT molecular complexity index is 362. The minimum atomic E-state index is -0.0792. The first kappa shape index (κ1) is 45.7. The first-order valence-electron chi connectivity index (χ1n) is 7.34. The van der Waals surface area contributed by atoms with Gasteiger partial charge >= 0.3 is 0 Å². The van der Waals surface area contributed by atoms with E-state index < -0.39 is 0 Å². The molecule has 0 amide bonds. The summed E-state index contributed by atoms with van der Waals surface area (Å²) < 4.78 is 0. The number of rotatable bonds is 2. The molecule has 9 heteroatoms. The van der Waals surface area contributed by atoms with Gasteiger partial charge < -0.3 is 10.2 Å². The summed E-state index contributed by atoms with van der Waals surface area (Å²) in [6.07, 6.45) is 6.64. The van der Waals surface area contributed by atoms with Crippen LogP contribution in [-0.2, 0) is 229 Å². The Balaban J connectivity index is -0.000000129. The van der Waals surface area contributed by atoms with Crippen LogP contribution in [0.25, 0.3) is 0 Å². The minimum absolute atomic E-state index is 0. The van der Waals surface area contributed by atoms with Crippen molar-refractivity contribution in [2.75, 3.05) is 6.61 Å². The number of hydrogen-bond donors (Lipinski definition) is 2. The largest absolute Gasteiger partial charge is 0.393 e. The van der Waals surface area contributed by atoms with E-state index in [-0.39, 0.29) is 242 Å². The van der Waals surface area contributed by atoms with Gasteiger partial charge in [0.15, 0.2) is 0 Å². The quantitative estimate of drug-likeness (QED) is 0.420. The van der Waals surface area contributed by atoms with Gasteiger partial charge in [0, 0.05) is 235 Å². The second-order valence-corrected chi connectivity index (χ2v) is 6.45. The van der Waals surface area contributed by atoms with E-state index in [0.29, 0.717) is 23.2 Å². The normalized spacial score (nSPS) is 29.4. The molecule has 2 saturated carbocycles. The number of hydrogen-bond acceptors (Lipinski definition) is 2. The van der Waals surface area contributed by atoms with Crippen LogP contribution >= 0.6 is 0 Å². The molecule has 2 aliphatic rings. The second kappa shape index (κ2) is 24.3. The number of fused-ring (bicyclic) bond motifs is 1. The third-order valence-corrected chi connectivity index (χ3v) is 5.48. The zero-order valence-corrected chi connectivity index (χ0v) is 35.6. The first-order valence-corrected chi connectivity index (χ1v) is 7.34. The predicted molar refractivity (Wildman–Crippen MR) is 72.8 cm³/mol. The Morgan fingerprint density at radius 1 is 0.960 bits per heavy atom. The summed E-state index contributed by atoms with van der Waals surface area (Å²) >= 11 is 0. The van der Waals surface area contributed by atoms with Crippen molar-refractivity contribution < 1.29 is 239 Å². The van der Waals surface area contributed by atoms with Crippen molar-refractivity contribution in [1.29, 1.82) is 0 Å². The monoisotopic (exact) mass is 873 g/mol. The summed E-state index contributed by atoms with van der Waals surface area (Å²) in [5.74, 6) is 7.59. The fourth-order valence-corrected chi connectivity index (χ4v) is 4.56. The Morgan fingerprint density at radius 2 is 1.52 bits per heavy atom. The Hall–Kier alpha value is 7.21. The molecule has 0 spiro atoms. The molecule has 5 atom stereocenters. The Kier molecular flexibility index (Phi) is 44.5. The zero-order chi connectivity index (χ0) is 13.2. The molecule has 0 heterocycles. The molecular weight excluding hydrogens is 847 g/mol. The van der Waals surface area contributed by atoms with E-state index in [4.69, 9.17) is 5.11 Å². The summed E-state index contributed by atoms with van der Waals surface area (Å²) in [7, 11) is 0. The third-order valence-electron chi connectivity index (χ3n) is 5.48. The van der Waals surface area contributed by atoms with E-state index in [0.717, 1.165) is 12.8 Å². The van der Waals surface area contributed by atoms with Crippen LogP contribution in [0, 0.1) is 35.0 Å². The summed E-state index contributed by atoms with van der Waals surface area (Å²) in [4.78, 5) is 0. The molecule has 0 aromatic heterocycles. The second-order valence-electron chi connectivity index (χ2n) is 6.45. The number of aliphatic hydroxyl groups excluding tert-OH is 2. The SMILES string of the molecule is C[C@H](CC#CCO)C1CC[C@H]2C(O)CCC[C@]12C.[Y].[Y].[Y].[Y].[Y].[Y].[Y]. The van der Waals surface area contributed by atoms with Gasteiger partial charge in [0.1, 0.15) is 6.61 Å². The molecule has 7 radical (unpaired) electrons. The molecule has 0 saturated heterocycles. The number of aliphatic hydroxyl groups is 2. The molecule has 2 rings (SSSR count). The van der Waals surface area contributed by atoms with Gasteiger partial charge in [-0.05, 0) is 48.9 Å². The fourth-order valence-electron chi connectivity index (χ4n) is 4.56. The van der Waals surface area contributed by atoms with Gasteiger partial charge in [-0.25, -0.2) is 0 Å². The zero-order valence-electron chi connectivity index (χ0n) is 15.7. The van der Waals surface area contributed by atoms with Gasteiger partial charge in [-0.1, -0.05) is 26.2 Å². The summed E-state index contributed by atoms with van der Waals surface area (Å²) in [5, 5.41) is 18.9. The Morgan fingerprint density at radius 3 is 2.04 bits per heavy atom. The molecule has 0 aliphatic heterocycles. The smallest absolute Gasteiger partial charge is 0.104 e. The molecule has 0 aromatic carbocycles. The standard InChI is InChI=1S/C16H26O2.7Y/c1-12(6-3-4-11-17)13-8-9-14-15(18)7-5-10-16(13,14)2;;;;;;;/h12-15,17-18H,5-11H2,1-2H3;;;;;;;/t12-,13?,14+,15?,16-;;;;;;;/m1......./s1. The van der Waals surface area contributed by atoms with Crippen molar-refractivity contribution in [3.63, 3.8) is 0 Å². The molecule has 2 fully saturated rings. The maximum Gasteiger partial charge on any atom is 0.104 e. The van der Waals surface area contributed by atoms with Crippen LogP contribution in [-0.4, -0.2) is 22.9 Å². The van der Waals surface area contributed by atoms with Gasteiger partial charge in [0.2, 0.25) is 0 Å².